The molecule has 2 atom stereocenters. The van der Waals surface area contributed by atoms with Crippen LogP contribution in [-0.2, 0) is 4.79 Å². The lowest BCUT2D eigenvalue weighted by atomic mass is 10.0. The molecule has 2 rings (SSSR count). The summed E-state index contributed by atoms with van der Waals surface area (Å²) in [5.74, 6) is -2.64. The molecule has 76 valence electrons. The Morgan fingerprint density at radius 2 is 2.27 bits per heavy atom. The molecule has 4 heteroatoms. The van der Waals surface area contributed by atoms with Crippen molar-refractivity contribution in [3.8, 4) is 6.07 Å². The van der Waals surface area contributed by atoms with E-state index < -0.39 is 23.6 Å². The summed E-state index contributed by atoms with van der Waals surface area (Å²) in [6.07, 6.45) is 0.241. The fraction of sp³-hybridized carbons (Fsp3) is 0.273. The molecule has 15 heavy (non-hydrogen) atoms. The molecule has 0 bridgehead atoms. The number of carbonyl (C=O) groups is 1. The second kappa shape index (κ2) is 3.35. The van der Waals surface area contributed by atoms with Crippen LogP contribution in [0.5, 0.6) is 0 Å². The van der Waals surface area contributed by atoms with Gasteiger partial charge < -0.3 is 5.11 Å². The lowest BCUT2D eigenvalue weighted by Crippen LogP contribution is -2.08. The number of benzene rings is 1. The van der Waals surface area contributed by atoms with E-state index in [0.29, 0.717) is 11.1 Å². The molecule has 0 saturated carbocycles. The third-order valence-corrected chi connectivity index (χ3v) is 2.73. The van der Waals surface area contributed by atoms with Gasteiger partial charge in [0, 0.05) is 0 Å². The first-order valence-electron chi connectivity index (χ1n) is 4.55. The van der Waals surface area contributed by atoms with Crippen LogP contribution in [0.1, 0.15) is 29.4 Å². The standard InChI is InChI=1S/C11H8FNO2/c12-7-1-2-8-6(5-13)3-10(11(14)15)9(8)4-7/h1-2,4,6,10H,3H2,(H,14,15). The van der Waals surface area contributed by atoms with Crippen molar-refractivity contribution in [3.63, 3.8) is 0 Å². The fourth-order valence-corrected chi connectivity index (χ4v) is 2.01. The number of hydrogen-bond donors (Lipinski definition) is 1. The first-order valence-corrected chi connectivity index (χ1v) is 4.55. The summed E-state index contributed by atoms with van der Waals surface area (Å²) < 4.78 is 13.0. The van der Waals surface area contributed by atoms with E-state index in [-0.39, 0.29) is 6.42 Å². The van der Waals surface area contributed by atoms with E-state index >= 15 is 0 Å². The van der Waals surface area contributed by atoms with Crippen LogP contribution in [0.2, 0.25) is 0 Å². The van der Waals surface area contributed by atoms with E-state index in [9.17, 15) is 9.18 Å². The van der Waals surface area contributed by atoms with Crippen LogP contribution >= 0.6 is 0 Å². The molecule has 0 amide bonds. The SMILES string of the molecule is N#CC1CC(C(=O)O)c2cc(F)ccc21. The highest BCUT2D eigenvalue weighted by Crippen LogP contribution is 2.41. The van der Waals surface area contributed by atoms with Crippen molar-refractivity contribution in [2.75, 3.05) is 0 Å². The van der Waals surface area contributed by atoms with Crippen LogP contribution in [-0.4, -0.2) is 11.1 Å². The van der Waals surface area contributed by atoms with Gasteiger partial charge in [0.05, 0.1) is 17.9 Å². The van der Waals surface area contributed by atoms with Gasteiger partial charge in [-0.3, -0.25) is 4.79 Å². The van der Waals surface area contributed by atoms with Crippen LogP contribution in [0.25, 0.3) is 0 Å². The van der Waals surface area contributed by atoms with Gasteiger partial charge in [0.25, 0.3) is 0 Å². The third-order valence-electron chi connectivity index (χ3n) is 2.73. The van der Waals surface area contributed by atoms with Crippen molar-refractivity contribution in [2.45, 2.75) is 18.3 Å². The number of rotatable bonds is 1. The number of aliphatic carboxylic acids is 1. The summed E-state index contributed by atoms with van der Waals surface area (Å²) in [6, 6.07) is 6.01. The van der Waals surface area contributed by atoms with E-state index in [0.717, 1.165) is 0 Å². The fourth-order valence-electron chi connectivity index (χ4n) is 2.01. The van der Waals surface area contributed by atoms with Crippen LogP contribution < -0.4 is 0 Å². The van der Waals surface area contributed by atoms with Crippen molar-refractivity contribution in [1.29, 1.82) is 5.26 Å². The maximum atomic E-state index is 13.0. The number of carboxylic acid groups (broad SMARTS) is 1. The molecule has 1 aliphatic rings. The predicted molar refractivity (Wildman–Crippen MR) is 49.7 cm³/mol. The zero-order valence-corrected chi connectivity index (χ0v) is 7.77. The van der Waals surface area contributed by atoms with E-state index in [1.807, 2.05) is 6.07 Å². The number of nitriles is 1. The van der Waals surface area contributed by atoms with Crippen LogP contribution in [0.3, 0.4) is 0 Å². The van der Waals surface area contributed by atoms with E-state index in [1.54, 1.807) is 0 Å². The molecule has 1 aromatic carbocycles. The zero-order valence-electron chi connectivity index (χ0n) is 7.77. The first-order chi connectivity index (χ1) is 7.13. The molecule has 0 heterocycles. The topological polar surface area (TPSA) is 61.1 Å². The Kier molecular flexibility index (Phi) is 2.16. The molecule has 0 aromatic heterocycles. The molecular weight excluding hydrogens is 197 g/mol. The predicted octanol–water partition coefficient (Wildman–Crippen LogP) is 2.00. The number of carboxylic acids is 1. The summed E-state index contributed by atoms with van der Waals surface area (Å²) in [5, 5.41) is 17.8. The maximum Gasteiger partial charge on any atom is 0.311 e. The second-order valence-electron chi connectivity index (χ2n) is 3.58. The monoisotopic (exact) mass is 205 g/mol. The van der Waals surface area contributed by atoms with Gasteiger partial charge in [-0.25, -0.2) is 4.39 Å². The van der Waals surface area contributed by atoms with Crippen molar-refractivity contribution in [3.05, 3.63) is 35.1 Å². The Hall–Kier alpha value is -1.89. The third kappa shape index (κ3) is 1.46. The molecule has 1 aliphatic carbocycles. The molecule has 1 aromatic rings. The minimum Gasteiger partial charge on any atom is -0.481 e. The normalized spacial score (nSPS) is 23.2. The molecule has 2 unspecified atom stereocenters. The minimum atomic E-state index is -1.00. The molecule has 0 aliphatic heterocycles. The first kappa shape index (κ1) is 9.66. The van der Waals surface area contributed by atoms with Gasteiger partial charge in [-0.1, -0.05) is 6.07 Å². The highest BCUT2D eigenvalue weighted by molar-refractivity contribution is 5.78. The van der Waals surface area contributed by atoms with Crippen molar-refractivity contribution in [2.24, 2.45) is 0 Å². The number of hydrogen-bond acceptors (Lipinski definition) is 2. The summed E-state index contributed by atoms with van der Waals surface area (Å²) >= 11 is 0. The second-order valence-corrected chi connectivity index (χ2v) is 3.58. The van der Waals surface area contributed by atoms with Gasteiger partial charge in [-0.2, -0.15) is 5.26 Å². The Labute approximate surface area is 85.8 Å². The Morgan fingerprint density at radius 3 is 2.87 bits per heavy atom. The number of halogens is 1. The summed E-state index contributed by atoms with van der Waals surface area (Å²) in [6.45, 7) is 0. The van der Waals surface area contributed by atoms with Gasteiger partial charge >= 0.3 is 5.97 Å². The summed E-state index contributed by atoms with van der Waals surface area (Å²) in [7, 11) is 0. The van der Waals surface area contributed by atoms with E-state index in [2.05, 4.69) is 0 Å². The van der Waals surface area contributed by atoms with Crippen LogP contribution in [0.15, 0.2) is 18.2 Å². The van der Waals surface area contributed by atoms with E-state index in [1.165, 1.54) is 18.2 Å². The van der Waals surface area contributed by atoms with Crippen molar-refractivity contribution < 1.29 is 14.3 Å². The Bertz CT molecular complexity index is 464. The Balaban J connectivity index is 2.53. The highest BCUT2D eigenvalue weighted by atomic mass is 19.1. The zero-order chi connectivity index (χ0) is 11.0. The largest absolute Gasteiger partial charge is 0.481 e. The smallest absolute Gasteiger partial charge is 0.311 e. The number of fused-ring (bicyclic) bond motifs is 1. The minimum absolute atomic E-state index is 0.241. The lowest BCUT2D eigenvalue weighted by molar-refractivity contribution is -0.138. The van der Waals surface area contributed by atoms with Gasteiger partial charge in [-0.15, -0.1) is 0 Å². The van der Waals surface area contributed by atoms with E-state index in [4.69, 9.17) is 10.4 Å². The van der Waals surface area contributed by atoms with Crippen molar-refractivity contribution >= 4 is 5.97 Å². The van der Waals surface area contributed by atoms with Gasteiger partial charge in [0.15, 0.2) is 0 Å². The van der Waals surface area contributed by atoms with Crippen LogP contribution in [0, 0.1) is 17.1 Å². The van der Waals surface area contributed by atoms with Crippen LogP contribution in [0.4, 0.5) is 4.39 Å². The molecule has 0 fully saturated rings. The molecule has 0 saturated heterocycles. The maximum absolute atomic E-state index is 13.0. The molecule has 0 spiro atoms. The summed E-state index contributed by atoms with van der Waals surface area (Å²) in [5.41, 5.74) is 1.08. The van der Waals surface area contributed by atoms with Gasteiger partial charge in [0.1, 0.15) is 5.82 Å². The summed E-state index contributed by atoms with van der Waals surface area (Å²) in [4.78, 5) is 10.9. The quantitative estimate of drug-likeness (QED) is 0.762. The highest BCUT2D eigenvalue weighted by Gasteiger charge is 2.35. The average Bonchev–Trinajstić information content (AvgIpc) is 2.55. The molecule has 3 nitrogen and oxygen atoms in total. The Morgan fingerprint density at radius 1 is 1.53 bits per heavy atom. The van der Waals surface area contributed by atoms with Gasteiger partial charge in [-0.05, 0) is 29.7 Å². The molecule has 1 N–H and O–H groups in total. The number of nitrogens with zero attached hydrogens (tertiary/aromatic N) is 1. The molecular formula is C11H8FNO2. The van der Waals surface area contributed by atoms with Crippen molar-refractivity contribution in [1.82, 2.24) is 0 Å². The lowest BCUT2D eigenvalue weighted by Gasteiger charge is -2.04. The average molecular weight is 205 g/mol. The van der Waals surface area contributed by atoms with Gasteiger partial charge in [0.2, 0.25) is 0 Å². The molecule has 0 radical (unpaired) electrons.